The number of aromatic nitrogens is 3. The Morgan fingerprint density at radius 3 is 2.63 bits per heavy atom. The highest BCUT2D eigenvalue weighted by Crippen LogP contribution is 2.33. The molecular formula is C28H40N6O4. The lowest BCUT2D eigenvalue weighted by atomic mass is 10.1. The summed E-state index contributed by atoms with van der Waals surface area (Å²) in [5.74, 6) is 1.17. The zero-order valence-electron chi connectivity index (χ0n) is 23.2. The predicted molar refractivity (Wildman–Crippen MR) is 153 cm³/mol. The van der Waals surface area contributed by atoms with Crippen molar-refractivity contribution in [3.63, 3.8) is 0 Å². The van der Waals surface area contributed by atoms with Gasteiger partial charge in [-0.1, -0.05) is 20.4 Å². The second-order valence-electron chi connectivity index (χ2n) is 7.96. The molecule has 10 heteroatoms. The normalized spacial score (nSPS) is 13.0. The molecule has 1 aliphatic heterocycles. The van der Waals surface area contributed by atoms with Gasteiger partial charge in [-0.3, -0.25) is 4.79 Å². The molecule has 3 aromatic rings. The Morgan fingerprint density at radius 2 is 1.97 bits per heavy atom. The highest BCUT2D eigenvalue weighted by molar-refractivity contribution is 5.97. The number of hydrogen-bond acceptors (Lipinski definition) is 8. The largest absolute Gasteiger partial charge is 0.495 e. The van der Waals surface area contributed by atoms with Crippen molar-refractivity contribution in [2.75, 3.05) is 57.3 Å². The van der Waals surface area contributed by atoms with E-state index in [4.69, 9.17) is 19.6 Å². The number of methoxy groups -OCH3 is 1. The fourth-order valence-electron chi connectivity index (χ4n) is 3.84. The van der Waals surface area contributed by atoms with Crippen LogP contribution in [0.5, 0.6) is 5.75 Å². The molecule has 0 saturated carbocycles. The van der Waals surface area contributed by atoms with Gasteiger partial charge in [0.05, 0.1) is 31.7 Å². The number of amides is 1. The molecule has 2 aromatic heterocycles. The zero-order chi connectivity index (χ0) is 28.1. The third-order valence-corrected chi connectivity index (χ3v) is 5.59. The highest BCUT2D eigenvalue weighted by Gasteiger charge is 2.17. The minimum absolute atomic E-state index is 0.198. The van der Waals surface area contributed by atoms with Crippen LogP contribution < -0.4 is 20.3 Å². The summed E-state index contributed by atoms with van der Waals surface area (Å²) in [5.41, 5.74) is 4.45. The first-order valence-corrected chi connectivity index (χ1v) is 12.7. The van der Waals surface area contributed by atoms with Crippen LogP contribution in [0.4, 0.5) is 17.2 Å². The minimum atomic E-state index is -0.198. The Labute approximate surface area is 225 Å². The van der Waals surface area contributed by atoms with Crippen molar-refractivity contribution in [3.8, 4) is 5.75 Å². The molecule has 38 heavy (non-hydrogen) atoms. The summed E-state index contributed by atoms with van der Waals surface area (Å²) >= 11 is 0. The van der Waals surface area contributed by atoms with Crippen molar-refractivity contribution in [2.45, 2.75) is 27.7 Å². The number of nitrogens with zero attached hydrogens (tertiary/aromatic N) is 4. The Hall–Kier alpha value is -3.89. The molecule has 3 heterocycles. The van der Waals surface area contributed by atoms with Gasteiger partial charge in [0.25, 0.3) is 5.91 Å². The number of carbonyl (C=O) groups excluding carboxylic acids is 1. The number of rotatable bonds is 8. The number of aliphatic hydroxyl groups excluding tert-OH is 1. The fourth-order valence-corrected chi connectivity index (χ4v) is 3.84. The number of nitrogens with one attached hydrogen (secondary N) is 2. The lowest BCUT2D eigenvalue weighted by Gasteiger charge is -2.30. The number of anilines is 3. The molecule has 206 valence electrons. The maximum absolute atomic E-state index is 12.1. The van der Waals surface area contributed by atoms with Crippen LogP contribution in [0.1, 0.15) is 33.4 Å². The maximum Gasteiger partial charge on any atom is 0.250 e. The van der Waals surface area contributed by atoms with Gasteiger partial charge < -0.3 is 34.5 Å². The summed E-state index contributed by atoms with van der Waals surface area (Å²) in [5, 5.41) is 13.1. The van der Waals surface area contributed by atoms with Crippen LogP contribution in [0.3, 0.4) is 0 Å². The van der Waals surface area contributed by atoms with E-state index >= 15 is 0 Å². The van der Waals surface area contributed by atoms with Crippen LogP contribution in [0.15, 0.2) is 55.0 Å². The van der Waals surface area contributed by atoms with E-state index in [1.807, 2.05) is 62.7 Å². The van der Waals surface area contributed by atoms with Crippen molar-refractivity contribution < 1.29 is 19.4 Å². The molecule has 1 amide bonds. The predicted octanol–water partition coefficient (Wildman–Crippen LogP) is 4.05. The fraction of sp³-hybridized carbons (Fsp3) is 0.393. The number of likely N-dealkylation sites (N-methyl/N-ethyl adjacent to an activating group) is 1. The molecule has 4 rings (SSSR count). The van der Waals surface area contributed by atoms with E-state index in [1.165, 1.54) is 0 Å². The lowest BCUT2D eigenvalue weighted by Crippen LogP contribution is -2.36. The molecule has 1 aliphatic rings. The molecular weight excluding hydrogens is 484 g/mol. The van der Waals surface area contributed by atoms with Gasteiger partial charge in [-0.25, -0.2) is 9.97 Å². The van der Waals surface area contributed by atoms with Gasteiger partial charge in [-0.05, 0) is 37.6 Å². The number of carbonyl (C=O) groups is 1. The average Bonchev–Trinajstić information content (AvgIpc) is 3.45. The van der Waals surface area contributed by atoms with Gasteiger partial charge in [0.2, 0.25) is 0 Å². The van der Waals surface area contributed by atoms with Crippen molar-refractivity contribution in [3.05, 3.63) is 60.7 Å². The van der Waals surface area contributed by atoms with E-state index in [2.05, 4.69) is 27.1 Å². The first-order chi connectivity index (χ1) is 18.5. The van der Waals surface area contributed by atoms with Gasteiger partial charge in [0.1, 0.15) is 5.75 Å². The second kappa shape index (κ2) is 15.4. The third kappa shape index (κ3) is 7.56. The summed E-state index contributed by atoms with van der Waals surface area (Å²) in [6.07, 6.45) is 7.20. The summed E-state index contributed by atoms with van der Waals surface area (Å²) in [6, 6.07) is 6.00. The molecule has 1 fully saturated rings. The molecule has 0 bridgehead atoms. The van der Waals surface area contributed by atoms with Crippen LogP contribution >= 0.6 is 0 Å². The molecule has 0 atom stereocenters. The smallest absolute Gasteiger partial charge is 0.250 e. The highest BCUT2D eigenvalue weighted by atomic mass is 16.5. The van der Waals surface area contributed by atoms with Crippen molar-refractivity contribution in [1.29, 1.82) is 0 Å². The zero-order valence-corrected chi connectivity index (χ0v) is 23.2. The molecule has 0 radical (unpaired) electrons. The second-order valence-corrected chi connectivity index (χ2v) is 7.96. The first-order valence-electron chi connectivity index (χ1n) is 12.7. The van der Waals surface area contributed by atoms with Crippen molar-refractivity contribution in [1.82, 2.24) is 19.7 Å². The molecule has 1 aromatic carbocycles. The molecule has 3 N–H and O–H groups in total. The van der Waals surface area contributed by atoms with Gasteiger partial charge in [-0.15, -0.1) is 0 Å². The van der Waals surface area contributed by atoms with E-state index in [1.54, 1.807) is 19.4 Å². The number of allylic oxidation sites excluding steroid dienone is 1. The molecule has 0 unspecified atom stereocenters. The Kier molecular flexibility index (Phi) is 12.3. The first kappa shape index (κ1) is 30.3. The number of ether oxygens (including phenoxy) is 2. The van der Waals surface area contributed by atoms with Crippen LogP contribution in [0.25, 0.3) is 11.2 Å². The summed E-state index contributed by atoms with van der Waals surface area (Å²) in [6.45, 7) is 15.3. The Morgan fingerprint density at radius 1 is 1.26 bits per heavy atom. The average molecular weight is 525 g/mol. The number of aliphatic hydroxyl groups is 1. The van der Waals surface area contributed by atoms with Crippen LogP contribution in [0, 0.1) is 0 Å². The van der Waals surface area contributed by atoms with Gasteiger partial charge >= 0.3 is 0 Å². The van der Waals surface area contributed by atoms with E-state index < -0.39 is 0 Å². The molecule has 1 saturated heterocycles. The van der Waals surface area contributed by atoms with E-state index in [0.717, 1.165) is 42.9 Å². The number of morpholine rings is 1. The van der Waals surface area contributed by atoms with Crippen LogP contribution in [-0.4, -0.2) is 72.4 Å². The maximum atomic E-state index is 12.1. The Balaban J connectivity index is 0.00000121. The monoisotopic (exact) mass is 524 g/mol. The standard InChI is InChI=1S/C25H30N6O3.C2H6.CH4O/c1-5-26-25(32)18(3)14-17(2)20-16-31-9-8-27-24(31)23(29-20)28-19-6-7-21(22(15-19)33-4)30-10-12-34-13-11-30;2*1-2/h6-9,14-16H,3,5,10-13H2,1-2,4H3,(H,26,32)(H,28,29);1-2H3;2H,1H3/b17-14+;;. The van der Waals surface area contributed by atoms with Gasteiger partial charge in [0.15, 0.2) is 11.5 Å². The SMILES string of the molecule is C=C(/C=C(\C)c1cn2ccnc2c(Nc2ccc(N3CCOCC3)c(OC)c2)n1)C(=O)NCC.CC.CO. The van der Waals surface area contributed by atoms with Crippen LogP contribution in [-0.2, 0) is 9.53 Å². The quantitative estimate of drug-likeness (QED) is 0.299. The summed E-state index contributed by atoms with van der Waals surface area (Å²) < 4.78 is 13.0. The minimum Gasteiger partial charge on any atom is -0.495 e. The van der Waals surface area contributed by atoms with E-state index in [9.17, 15) is 4.79 Å². The Bertz CT molecular complexity index is 1230. The molecule has 0 aliphatic carbocycles. The summed E-state index contributed by atoms with van der Waals surface area (Å²) in [4.78, 5) is 23.6. The molecule has 10 nitrogen and oxygen atoms in total. The van der Waals surface area contributed by atoms with Gasteiger partial charge in [0, 0.05) is 62.7 Å². The van der Waals surface area contributed by atoms with Crippen molar-refractivity contribution >= 4 is 34.3 Å². The van der Waals surface area contributed by atoms with E-state index in [0.29, 0.717) is 42.5 Å². The van der Waals surface area contributed by atoms with Crippen molar-refractivity contribution in [2.24, 2.45) is 0 Å². The van der Waals surface area contributed by atoms with Crippen LogP contribution in [0.2, 0.25) is 0 Å². The third-order valence-electron chi connectivity index (χ3n) is 5.59. The van der Waals surface area contributed by atoms with E-state index in [-0.39, 0.29) is 5.91 Å². The number of imidazole rings is 1. The molecule has 0 spiro atoms. The van der Waals surface area contributed by atoms with Gasteiger partial charge in [-0.2, -0.15) is 0 Å². The topological polar surface area (TPSA) is 113 Å². The lowest BCUT2D eigenvalue weighted by molar-refractivity contribution is -0.117. The summed E-state index contributed by atoms with van der Waals surface area (Å²) in [7, 11) is 2.67. The number of fused-ring (bicyclic) bond motifs is 1. The number of hydrogen-bond donors (Lipinski definition) is 3. The number of benzene rings is 1.